The molecule has 0 spiro atoms. The fourth-order valence-corrected chi connectivity index (χ4v) is 5.05. The van der Waals surface area contributed by atoms with Crippen LogP contribution in [0.5, 0.6) is 0 Å². The standard InChI is InChI=1S/C21H32Cl2N2/c1-2-3-17-4-6-18(7-5-17)8-9-24-10-12-25(13-11-24)21-15-19(22)14-20(23)16-21/h14-18H,2-13H2,1H3. The largest absolute Gasteiger partial charge is 0.369 e. The highest BCUT2D eigenvalue weighted by Gasteiger charge is 2.22. The van der Waals surface area contributed by atoms with Crippen LogP contribution in [-0.2, 0) is 0 Å². The summed E-state index contributed by atoms with van der Waals surface area (Å²) in [5.41, 5.74) is 1.16. The summed E-state index contributed by atoms with van der Waals surface area (Å²) in [6.07, 6.45) is 10.1. The van der Waals surface area contributed by atoms with Crippen molar-refractivity contribution in [1.82, 2.24) is 4.90 Å². The van der Waals surface area contributed by atoms with Crippen LogP contribution < -0.4 is 4.90 Å². The molecular weight excluding hydrogens is 351 g/mol. The van der Waals surface area contributed by atoms with Crippen molar-refractivity contribution in [2.45, 2.75) is 51.9 Å². The highest BCUT2D eigenvalue weighted by molar-refractivity contribution is 6.35. The summed E-state index contributed by atoms with van der Waals surface area (Å²) in [6, 6.07) is 5.85. The van der Waals surface area contributed by atoms with E-state index in [1.54, 1.807) is 6.07 Å². The number of hydrogen-bond acceptors (Lipinski definition) is 2. The molecule has 0 amide bonds. The minimum Gasteiger partial charge on any atom is -0.369 e. The van der Waals surface area contributed by atoms with Gasteiger partial charge in [-0.2, -0.15) is 0 Å². The molecular formula is C21H32Cl2N2. The van der Waals surface area contributed by atoms with Crippen LogP contribution in [0.15, 0.2) is 18.2 Å². The van der Waals surface area contributed by atoms with Gasteiger partial charge in [0.25, 0.3) is 0 Å². The molecule has 0 N–H and O–H groups in total. The first-order valence-electron chi connectivity index (χ1n) is 10.1. The van der Waals surface area contributed by atoms with Crippen molar-refractivity contribution in [1.29, 1.82) is 0 Å². The number of halogens is 2. The van der Waals surface area contributed by atoms with Crippen molar-refractivity contribution >= 4 is 28.9 Å². The van der Waals surface area contributed by atoms with Crippen LogP contribution >= 0.6 is 23.2 Å². The van der Waals surface area contributed by atoms with E-state index >= 15 is 0 Å². The first-order valence-corrected chi connectivity index (χ1v) is 10.8. The fraction of sp³-hybridized carbons (Fsp3) is 0.714. The Morgan fingerprint density at radius 1 is 0.840 bits per heavy atom. The van der Waals surface area contributed by atoms with E-state index in [2.05, 4.69) is 16.7 Å². The van der Waals surface area contributed by atoms with Crippen LogP contribution in [-0.4, -0.2) is 37.6 Å². The quantitative estimate of drug-likeness (QED) is 0.585. The van der Waals surface area contributed by atoms with E-state index in [1.807, 2.05) is 12.1 Å². The minimum absolute atomic E-state index is 0.726. The molecule has 140 valence electrons. The van der Waals surface area contributed by atoms with Gasteiger partial charge < -0.3 is 4.90 Å². The molecule has 4 heteroatoms. The molecule has 2 nitrogen and oxygen atoms in total. The highest BCUT2D eigenvalue weighted by atomic mass is 35.5. The molecule has 1 aliphatic carbocycles. The second-order valence-electron chi connectivity index (χ2n) is 7.92. The van der Waals surface area contributed by atoms with E-state index in [9.17, 15) is 0 Å². The van der Waals surface area contributed by atoms with Gasteiger partial charge in [0.15, 0.2) is 0 Å². The molecule has 1 aromatic carbocycles. The van der Waals surface area contributed by atoms with E-state index in [4.69, 9.17) is 23.2 Å². The van der Waals surface area contributed by atoms with Gasteiger partial charge in [-0.3, -0.25) is 4.90 Å². The smallest absolute Gasteiger partial charge is 0.0441 e. The van der Waals surface area contributed by atoms with Gasteiger partial charge in [-0.05, 0) is 43.0 Å². The molecule has 1 aliphatic heterocycles. The maximum Gasteiger partial charge on any atom is 0.0441 e. The van der Waals surface area contributed by atoms with Crippen molar-refractivity contribution in [3.8, 4) is 0 Å². The summed E-state index contributed by atoms with van der Waals surface area (Å²) >= 11 is 12.3. The van der Waals surface area contributed by atoms with Crippen molar-refractivity contribution in [2.24, 2.45) is 11.8 Å². The van der Waals surface area contributed by atoms with Gasteiger partial charge in [0.05, 0.1) is 0 Å². The van der Waals surface area contributed by atoms with E-state index < -0.39 is 0 Å². The molecule has 0 atom stereocenters. The molecule has 25 heavy (non-hydrogen) atoms. The molecule has 0 bridgehead atoms. The van der Waals surface area contributed by atoms with Crippen molar-refractivity contribution in [3.05, 3.63) is 28.2 Å². The predicted molar refractivity (Wildman–Crippen MR) is 110 cm³/mol. The average Bonchev–Trinajstić information content (AvgIpc) is 2.61. The Kier molecular flexibility index (Phi) is 7.33. The molecule has 0 unspecified atom stereocenters. The maximum absolute atomic E-state index is 6.14. The lowest BCUT2D eigenvalue weighted by atomic mass is 9.79. The monoisotopic (exact) mass is 382 g/mol. The van der Waals surface area contributed by atoms with Crippen LogP contribution in [0.1, 0.15) is 51.9 Å². The molecule has 2 aliphatic rings. The van der Waals surface area contributed by atoms with E-state index in [1.165, 1.54) is 51.5 Å². The Labute approximate surface area is 163 Å². The van der Waals surface area contributed by atoms with E-state index in [0.29, 0.717) is 0 Å². The molecule has 2 fully saturated rings. The number of rotatable bonds is 6. The van der Waals surface area contributed by atoms with Crippen LogP contribution in [0.2, 0.25) is 10.0 Å². The second-order valence-corrected chi connectivity index (χ2v) is 8.79. The third-order valence-corrected chi connectivity index (χ3v) is 6.54. The number of piperazine rings is 1. The lowest BCUT2D eigenvalue weighted by Gasteiger charge is -2.37. The lowest BCUT2D eigenvalue weighted by molar-refractivity contribution is 0.200. The number of hydrogen-bond donors (Lipinski definition) is 0. The molecule has 1 saturated carbocycles. The number of nitrogens with zero attached hydrogens (tertiary/aromatic N) is 2. The lowest BCUT2D eigenvalue weighted by Crippen LogP contribution is -2.47. The summed E-state index contributed by atoms with van der Waals surface area (Å²) in [7, 11) is 0. The molecule has 1 saturated heterocycles. The van der Waals surface area contributed by atoms with Gasteiger partial charge in [0.2, 0.25) is 0 Å². The highest BCUT2D eigenvalue weighted by Crippen LogP contribution is 2.33. The third kappa shape index (κ3) is 5.77. The summed E-state index contributed by atoms with van der Waals surface area (Å²) < 4.78 is 0. The van der Waals surface area contributed by atoms with Gasteiger partial charge in [-0.1, -0.05) is 68.7 Å². The summed E-state index contributed by atoms with van der Waals surface area (Å²) in [5, 5.41) is 1.45. The maximum atomic E-state index is 6.14. The molecule has 0 aromatic heterocycles. The Hall–Kier alpha value is -0.440. The summed E-state index contributed by atoms with van der Waals surface area (Å²) in [4.78, 5) is 5.05. The first kappa shape index (κ1) is 19.3. The normalized spacial score (nSPS) is 25.3. The van der Waals surface area contributed by atoms with Crippen LogP contribution in [0.3, 0.4) is 0 Å². The Balaban J connectivity index is 1.38. The Morgan fingerprint density at radius 3 is 1.96 bits per heavy atom. The number of anilines is 1. The zero-order chi connectivity index (χ0) is 17.6. The molecule has 0 radical (unpaired) electrons. The van der Waals surface area contributed by atoms with Gasteiger partial charge in [-0.15, -0.1) is 0 Å². The zero-order valence-electron chi connectivity index (χ0n) is 15.5. The molecule has 3 rings (SSSR count). The third-order valence-electron chi connectivity index (χ3n) is 6.10. The van der Waals surface area contributed by atoms with Crippen molar-refractivity contribution in [3.63, 3.8) is 0 Å². The van der Waals surface area contributed by atoms with Crippen molar-refractivity contribution in [2.75, 3.05) is 37.6 Å². The fourth-order valence-electron chi connectivity index (χ4n) is 4.53. The first-order chi connectivity index (χ1) is 12.1. The van der Waals surface area contributed by atoms with Crippen LogP contribution in [0.4, 0.5) is 5.69 Å². The van der Waals surface area contributed by atoms with Gasteiger partial charge in [0, 0.05) is 41.9 Å². The average molecular weight is 383 g/mol. The zero-order valence-corrected chi connectivity index (χ0v) is 17.0. The molecule has 1 heterocycles. The van der Waals surface area contributed by atoms with E-state index in [0.717, 1.165) is 53.7 Å². The predicted octanol–water partition coefficient (Wildman–Crippen LogP) is 6.11. The minimum atomic E-state index is 0.726. The van der Waals surface area contributed by atoms with Crippen molar-refractivity contribution < 1.29 is 0 Å². The van der Waals surface area contributed by atoms with Gasteiger partial charge >= 0.3 is 0 Å². The topological polar surface area (TPSA) is 6.48 Å². The van der Waals surface area contributed by atoms with E-state index in [-0.39, 0.29) is 0 Å². The Morgan fingerprint density at radius 2 is 1.40 bits per heavy atom. The second kappa shape index (κ2) is 9.48. The van der Waals surface area contributed by atoms with Crippen LogP contribution in [0.25, 0.3) is 0 Å². The summed E-state index contributed by atoms with van der Waals surface area (Å²) in [6.45, 7) is 8.03. The van der Waals surface area contributed by atoms with Gasteiger partial charge in [-0.25, -0.2) is 0 Å². The van der Waals surface area contributed by atoms with Crippen LogP contribution in [0, 0.1) is 11.8 Å². The Bertz CT molecular complexity index is 512. The summed E-state index contributed by atoms with van der Waals surface area (Å²) in [5.74, 6) is 1.99. The van der Waals surface area contributed by atoms with Gasteiger partial charge in [0.1, 0.15) is 0 Å². The SMILES string of the molecule is CCCC1CCC(CCN2CCN(c3cc(Cl)cc(Cl)c3)CC2)CC1. The number of benzene rings is 1. The molecule has 1 aromatic rings.